The van der Waals surface area contributed by atoms with E-state index in [-0.39, 0.29) is 5.91 Å². The molecule has 0 aliphatic carbocycles. The SMILES string of the molecule is CCCN(CCC)C(=O)c1ccnc(N2CCN(c3ccc(OC)cc3)CC2)c1. The number of ether oxygens (including phenoxy) is 1. The number of hydrogen-bond acceptors (Lipinski definition) is 5. The molecule has 1 aromatic carbocycles. The topological polar surface area (TPSA) is 48.9 Å². The van der Waals surface area contributed by atoms with Crippen molar-refractivity contribution in [1.82, 2.24) is 9.88 Å². The van der Waals surface area contributed by atoms with E-state index in [2.05, 4.69) is 40.8 Å². The summed E-state index contributed by atoms with van der Waals surface area (Å²) in [4.78, 5) is 24.0. The maximum absolute atomic E-state index is 12.9. The van der Waals surface area contributed by atoms with Crippen molar-refractivity contribution in [2.75, 3.05) is 56.2 Å². The predicted molar refractivity (Wildman–Crippen MR) is 118 cm³/mol. The molecular formula is C23H32N4O2. The number of rotatable bonds is 8. The van der Waals surface area contributed by atoms with Gasteiger partial charge in [-0.25, -0.2) is 4.98 Å². The van der Waals surface area contributed by atoms with Crippen molar-refractivity contribution in [3.8, 4) is 5.75 Å². The van der Waals surface area contributed by atoms with Crippen LogP contribution in [-0.4, -0.2) is 62.2 Å². The highest BCUT2D eigenvalue weighted by atomic mass is 16.5. The summed E-state index contributed by atoms with van der Waals surface area (Å²) in [6, 6.07) is 12.0. The lowest BCUT2D eigenvalue weighted by Gasteiger charge is -2.37. The molecule has 1 aliphatic heterocycles. The second kappa shape index (κ2) is 10.1. The third-order valence-corrected chi connectivity index (χ3v) is 5.31. The second-order valence-corrected chi connectivity index (χ2v) is 7.37. The van der Waals surface area contributed by atoms with Gasteiger partial charge in [0.15, 0.2) is 0 Å². The quantitative estimate of drug-likeness (QED) is 0.681. The van der Waals surface area contributed by atoms with Crippen molar-refractivity contribution in [1.29, 1.82) is 0 Å². The Balaban J connectivity index is 1.64. The van der Waals surface area contributed by atoms with Crippen LogP contribution in [0.2, 0.25) is 0 Å². The number of amides is 1. The van der Waals surface area contributed by atoms with Crippen LogP contribution in [0.15, 0.2) is 42.6 Å². The average molecular weight is 397 g/mol. The zero-order valence-electron chi connectivity index (χ0n) is 17.8. The molecule has 0 unspecified atom stereocenters. The van der Waals surface area contributed by atoms with Gasteiger partial charge in [0, 0.05) is 56.7 Å². The maximum Gasteiger partial charge on any atom is 0.254 e. The highest BCUT2D eigenvalue weighted by molar-refractivity contribution is 5.94. The van der Waals surface area contributed by atoms with Gasteiger partial charge in [-0.15, -0.1) is 0 Å². The van der Waals surface area contributed by atoms with E-state index < -0.39 is 0 Å². The highest BCUT2D eigenvalue weighted by Gasteiger charge is 2.20. The molecule has 1 amide bonds. The van der Waals surface area contributed by atoms with Crippen LogP contribution >= 0.6 is 0 Å². The monoisotopic (exact) mass is 396 g/mol. The van der Waals surface area contributed by atoms with E-state index in [0.717, 1.165) is 69.2 Å². The number of hydrogen-bond donors (Lipinski definition) is 0. The van der Waals surface area contributed by atoms with Crippen molar-refractivity contribution in [2.45, 2.75) is 26.7 Å². The summed E-state index contributed by atoms with van der Waals surface area (Å²) in [6.07, 6.45) is 3.70. The highest BCUT2D eigenvalue weighted by Crippen LogP contribution is 2.22. The summed E-state index contributed by atoms with van der Waals surface area (Å²) in [5.41, 5.74) is 1.94. The molecule has 0 spiro atoms. The first kappa shape index (κ1) is 21.0. The van der Waals surface area contributed by atoms with E-state index in [1.807, 2.05) is 29.2 Å². The van der Waals surface area contributed by atoms with Gasteiger partial charge in [0.25, 0.3) is 5.91 Å². The largest absolute Gasteiger partial charge is 0.497 e. The molecule has 0 saturated carbocycles. The number of carbonyl (C=O) groups excluding carboxylic acids is 1. The number of benzene rings is 1. The van der Waals surface area contributed by atoms with Crippen LogP contribution in [-0.2, 0) is 0 Å². The van der Waals surface area contributed by atoms with E-state index in [9.17, 15) is 4.79 Å². The third kappa shape index (κ3) is 5.19. The van der Waals surface area contributed by atoms with Gasteiger partial charge < -0.3 is 19.4 Å². The minimum Gasteiger partial charge on any atom is -0.497 e. The van der Waals surface area contributed by atoms with E-state index >= 15 is 0 Å². The van der Waals surface area contributed by atoms with Crippen molar-refractivity contribution >= 4 is 17.4 Å². The molecule has 1 aromatic heterocycles. The molecule has 0 atom stereocenters. The standard InChI is InChI=1S/C23H32N4O2/c1-4-12-27(13-5-2)23(28)19-10-11-24-22(18-19)26-16-14-25(15-17-26)20-6-8-21(29-3)9-7-20/h6-11,18H,4-5,12-17H2,1-3H3. The molecule has 156 valence electrons. The number of piperazine rings is 1. The molecule has 6 heteroatoms. The first-order valence-electron chi connectivity index (χ1n) is 10.6. The summed E-state index contributed by atoms with van der Waals surface area (Å²) in [7, 11) is 1.68. The lowest BCUT2D eigenvalue weighted by molar-refractivity contribution is 0.0755. The van der Waals surface area contributed by atoms with Crippen LogP contribution < -0.4 is 14.5 Å². The fourth-order valence-corrected chi connectivity index (χ4v) is 3.75. The Morgan fingerprint density at radius 1 is 1.00 bits per heavy atom. The zero-order valence-corrected chi connectivity index (χ0v) is 17.8. The molecule has 3 rings (SSSR count). The Morgan fingerprint density at radius 3 is 2.21 bits per heavy atom. The average Bonchev–Trinajstić information content (AvgIpc) is 2.79. The number of aromatic nitrogens is 1. The van der Waals surface area contributed by atoms with Crippen LogP contribution in [0.3, 0.4) is 0 Å². The second-order valence-electron chi connectivity index (χ2n) is 7.37. The van der Waals surface area contributed by atoms with E-state index in [1.54, 1.807) is 13.3 Å². The van der Waals surface area contributed by atoms with Gasteiger partial charge in [-0.1, -0.05) is 13.8 Å². The van der Waals surface area contributed by atoms with Gasteiger partial charge in [0.05, 0.1) is 7.11 Å². The number of carbonyl (C=O) groups is 1. The summed E-state index contributed by atoms with van der Waals surface area (Å²) >= 11 is 0. The predicted octanol–water partition coefficient (Wildman–Crippen LogP) is 3.68. The van der Waals surface area contributed by atoms with Gasteiger partial charge >= 0.3 is 0 Å². The Morgan fingerprint density at radius 2 is 1.62 bits per heavy atom. The summed E-state index contributed by atoms with van der Waals surface area (Å²) in [6.45, 7) is 9.41. The van der Waals surface area contributed by atoms with Crippen molar-refractivity contribution in [3.63, 3.8) is 0 Å². The van der Waals surface area contributed by atoms with Gasteiger partial charge in [-0.3, -0.25) is 4.79 Å². The number of nitrogens with zero attached hydrogens (tertiary/aromatic N) is 4. The van der Waals surface area contributed by atoms with Gasteiger partial charge in [-0.05, 0) is 49.2 Å². The van der Waals surface area contributed by atoms with Crippen LogP contribution in [0.5, 0.6) is 5.75 Å². The minimum absolute atomic E-state index is 0.106. The van der Waals surface area contributed by atoms with E-state index in [1.165, 1.54) is 5.69 Å². The Hall–Kier alpha value is -2.76. The summed E-state index contributed by atoms with van der Waals surface area (Å²) < 4.78 is 5.24. The molecule has 2 heterocycles. The Bertz CT molecular complexity index is 780. The van der Waals surface area contributed by atoms with E-state index in [0.29, 0.717) is 0 Å². The molecule has 0 N–H and O–H groups in total. The van der Waals surface area contributed by atoms with Crippen LogP contribution in [0.25, 0.3) is 0 Å². The molecule has 6 nitrogen and oxygen atoms in total. The molecule has 29 heavy (non-hydrogen) atoms. The molecule has 0 bridgehead atoms. The van der Waals surface area contributed by atoms with Gasteiger partial charge in [0.2, 0.25) is 0 Å². The fraction of sp³-hybridized carbons (Fsp3) is 0.478. The molecule has 2 aromatic rings. The lowest BCUT2D eigenvalue weighted by Crippen LogP contribution is -2.46. The Kier molecular flexibility index (Phi) is 7.33. The fourth-order valence-electron chi connectivity index (χ4n) is 3.75. The normalized spacial score (nSPS) is 14.0. The number of pyridine rings is 1. The van der Waals surface area contributed by atoms with Gasteiger partial charge in [-0.2, -0.15) is 0 Å². The Labute approximate surface area is 174 Å². The third-order valence-electron chi connectivity index (χ3n) is 5.31. The van der Waals surface area contributed by atoms with Crippen molar-refractivity contribution in [3.05, 3.63) is 48.2 Å². The van der Waals surface area contributed by atoms with Crippen LogP contribution in [0.1, 0.15) is 37.0 Å². The van der Waals surface area contributed by atoms with E-state index in [4.69, 9.17) is 4.74 Å². The molecule has 1 saturated heterocycles. The first-order valence-corrected chi connectivity index (χ1v) is 10.6. The molecule has 0 radical (unpaired) electrons. The van der Waals surface area contributed by atoms with Crippen molar-refractivity contribution < 1.29 is 9.53 Å². The minimum atomic E-state index is 0.106. The summed E-state index contributed by atoms with van der Waals surface area (Å²) in [5.74, 6) is 1.87. The molecular weight excluding hydrogens is 364 g/mol. The molecule has 1 aliphatic rings. The first-order chi connectivity index (χ1) is 14.2. The maximum atomic E-state index is 12.9. The number of anilines is 2. The zero-order chi connectivity index (χ0) is 20.6. The van der Waals surface area contributed by atoms with Crippen LogP contribution in [0, 0.1) is 0 Å². The van der Waals surface area contributed by atoms with Crippen molar-refractivity contribution in [2.24, 2.45) is 0 Å². The number of methoxy groups -OCH3 is 1. The van der Waals surface area contributed by atoms with Gasteiger partial charge in [0.1, 0.15) is 11.6 Å². The smallest absolute Gasteiger partial charge is 0.254 e. The molecule has 1 fully saturated rings. The van der Waals surface area contributed by atoms with Crippen LogP contribution in [0.4, 0.5) is 11.5 Å². The summed E-state index contributed by atoms with van der Waals surface area (Å²) in [5, 5.41) is 0. The lowest BCUT2D eigenvalue weighted by atomic mass is 10.2.